The summed E-state index contributed by atoms with van der Waals surface area (Å²) in [6, 6.07) is 7.42. The average Bonchev–Trinajstić information content (AvgIpc) is 2.81. The summed E-state index contributed by atoms with van der Waals surface area (Å²) >= 11 is 0. The number of carbonyl (C=O) groups excluding carboxylic acids is 2. The van der Waals surface area contributed by atoms with Crippen LogP contribution in [0.3, 0.4) is 0 Å². The van der Waals surface area contributed by atoms with Crippen molar-refractivity contribution in [2.75, 3.05) is 11.4 Å². The minimum absolute atomic E-state index is 0.222. The first-order valence-electron chi connectivity index (χ1n) is 6.44. The molecule has 3 rings (SSSR count). The SMILES string of the molecule is C=C(C)n1ccc2cc(N3CCC(=O)NC3=O)ccc21. The third kappa shape index (κ3) is 1.97. The molecule has 5 heteroatoms. The largest absolute Gasteiger partial charge is 0.328 e. The van der Waals surface area contributed by atoms with Gasteiger partial charge in [-0.05, 0) is 31.2 Å². The summed E-state index contributed by atoms with van der Waals surface area (Å²) in [5, 5.41) is 3.37. The monoisotopic (exact) mass is 269 g/mol. The highest BCUT2D eigenvalue weighted by Gasteiger charge is 2.24. The molecule has 1 fully saturated rings. The quantitative estimate of drug-likeness (QED) is 0.911. The fourth-order valence-electron chi connectivity index (χ4n) is 2.44. The molecule has 0 atom stereocenters. The summed E-state index contributed by atoms with van der Waals surface area (Å²) in [5.74, 6) is -0.222. The Morgan fingerprint density at radius 3 is 2.80 bits per heavy atom. The molecule has 1 aromatic carbocycles. The zero-order valence-electron chi connectivity index (χ0n) is 11.2. The molecule has 0 bridgehead atoms. The lowest BCUT2D eigenvalue weighted by Crippen LogP contribution is -2.49. The van der Waals surface area contributed by atoms with Crippen molar-refractivity contribution in [3.8, 4) is 0 Å². The number of amides is 3. The van der Waals surface area contributed by atoms with Crippen LogP contribution in [-0.2, 0) is 4.79 Å². The van der Waals surface area contributed by atoms with Crippen molar-refractivity contribution in [1.29, 1.82) is 0 Å². The Balaban J connectivity index is 1.99. The lowest BCUT2D eigenvalue weighted by atomic mass is 10.2. The molecule has 1 aliphatic rings. The van der Waals surface area contributed by atoms with Crippen LogP contribution in [0, 0.1) is 0 Å². The molecule has 5 nitrogen and oxygen atoms in total. The summed E-state index contributed by atoms with van der Waals surface area (Å²) < 4.78 is 2.00. The van der Waals surface area contributed by atoms with Crippen LogP contribution >= 0.6 is 0 Å². The van der Waals surface area contributed by atoms with E-state index in [0.717, 1.165) is 22.3 Å². The lowest BCUT2D eigenvalue weighted by Gasteiger charge is -2.26. The molecule has 3 amide bonds. The van der Waals surface area contributed by atoms with Crippen LogP contribution in [0.5, 0.6) is 0 Å². The molecular formula is C15H15N3O2. The molecule has 1 aromatic heterocycles. The summed E-state index contributed by atoms with van der Waals surface area (Å²) in [7, 11) is 0. The zero-order chi connectivity index (χ0) is 14.3. The highest BCUT2D eigenvalue weighted by atomic mass is 16.2. The number of rotatable bonds is 2. The van der Waals surface area contributed by atoms with Crippen molar-refractivity contribution in [3.63, 3.8) is 0 Å². The average molecular weight is 269 g/mol. The molecule has 0 radical (unpaired) electrons. The van der Waals surface area contributed by atoms with Gasteiger partial charge in [0.05, 0.1) is 5.52 Å². The van der Waals surface area contributed by atoms with Crippen molar-refractivity contribution in [2.24, 2.45) is 0 Å². The Morgan fingerprint density at radius 1 is 1.30 bits per heavy atom. The number of imide groups is 1. The van der Waals surface area contributed by atoms with E-state index in [-0.39, 0.29) is 11.9 Å². The normalized spacial score (nSPS) is 15.6. The van der Waals surface area contributed by atoms with Crippen LogP contribution < -0.4 is 10.2 Å². The van der Waals surface area contributed by atoms with E-state index < -0.39 is 0 Å². The second-order valence-corrected chi connectivity index (χ2v) is 4.92. The maximum Gasteiger partial charge on any atom is 0.328 e. The van der Waals surface area contributed by atoms with Crippen LogP contribution in [0.15, 0.2) is 37.0 Å². The maximum absolute atomic E-state index is 11.8. The van der Waals surface area contributed by atoms with Gasteiger partial charge in [-0.1, -0.05) is 6.58 Å². The Bertz CT molecular complexity index is 730. The third-order valence-corrected chi connectivity index (χ3v) is 3.45. The number of urea groups is 1. The third-order valence-electron chi connectivity index (χ3n) is 3.45. The molecule has 2 heterocycles. The van der Waals surface area contributed by atoms with Crippen LogP contribution in [-0.4, -0.2) is 23.1 Å². The van der Waals surface area contributed by atoms with Gasteiger partial charge in [0.25, 0.3) is 0 Å². The van der Waals surface area contributed by atoms with Crippen LogP contribution in [0.2, 0.25) is 0 Å². The van der Waals surface area contributed by atoms with Crippen molar-refractivity contribution in [1.82, 2.24) is 9.88 Å². The molecule has 0 saturated carbocycles. The Hall–Kier alpha value is -2.56. The van der Waals surface area contributed by atoms with Crippen LogP contribution in [0.1, 0.15) is 13.3 Å². The maximum atomic E-state index is 11.8. The fourth-order valence-corrected chi connectivity index (χ4v) is 2.44. The van der Waals surface area contributed by atoms with Gasteiger partial charge in [0.15, 0.2) is 0 Å². The van der Waals surface area contributed by atoms with Gasteiger partial charge in [0.1, 0.15) is 0 Å². The van der Waals surface area contributed by atoms with Gasteiger partial charge in [-0.3, -0.25) is 15.0 Å². The van der Waals surface area contributed by atoms with E-state index in [2.05, 4.69) is 11.9 Å². The molecule has 0 aliphatic carbocycles. The fraction of sp³-hybridized carbons (Fsp3) is 0.200. The van der Waals surface area contributed by atoms with E-state index in [1.54, 1.807) is 4.90 Å². The standard InChI is InChI=1S/C15H15N3O2/c1-10(2)17-7-5-11-9-12(3-4-13(11)17)18-8-6-14(19)16-15(18)20/h3-5,7,9H,1,6,8H2,2H3,(H,16,19,20). The molecule has 2 aromatic rings. The minimum Gasteiger partial charge on any atom is -0.321 e. The summed E-state index contributed by atoms with van der Waals surface area (Å²) in [6.07, 6.45) is 2.28. The molecule has 0 spiro atoms. The highest BCUT2D eigenvalue weighted by Crippen LogP contribution is 2.25. The number of carbonyl (C=O) groups is 2. The molecule has 1 aliphatic heterocycles. The molecule has 1 saturated heterocycles. The first-order chi connectivity index (χ1) is 9.56. The second kappa shape index (κ2) is 4.52. The van der Waals surface area contributed by atoms with E-state index >= 15 is 0 Å². The first kappa shape index (κ1) is 12.5. The van der Waals surface area contributed by atoms with Gasteiger partial charge >= 0.3 is 6.03 Å². The number of nitrogens with zero attached hydrogens (tertiary/aromatic N) is 2. The van der Waals surface area contributed by atoms with Gasteiger partial charge in [0.2, 0.25) is 5.91 Å². The predicted molar refractivity (Wildman–Crippen MR) is 78.4 cm³/mol. The molecule has 0 unspecified atom stereocenters. The summed E-state index contributed by atoms with van der Waals surface area (Å²) in [6.45, 7) is 6.29. The van der Waals surface area contributed by atoms with Crippen molar-refractivity contribution >= 4 is 34.2 Å². The number of allylic oxidation sites excluding steroid dienone is 1. The number of anilines is 1. The van der Waals surface area contributed by atoms with E-state index in [4.69, 9.17) is 0 Å². The van der Waals surface area contributed by atoms with Crippen molar-refractivity contribution in [2.45, 2.75) is 13.3 Å². The Kier molecular flexibility index (Phi) is 2.82. The number of nitrogens with one attached hydrogen (secondary N) is 1. The molecule has 102 valence electrons. The van der Waals surface area contributed by atoms with Gasteiger partial charge in [-0.2, -0.15) is 0 Å². The van der Waals surface area contributed by atoms with Gasteiger partial charge in [-0.15, -0.1) is 0 Å². The molecule has 1 N–H and O–H groups in total. The van der Waals surface area contributed by atoms with Crippen molar-refractivity contribution in [3.05, 3.63) is 37.0 Å². The highest BCUT2D eigenvalue weighted by molar-refractivity contribution is 6.06. The molecular weight excluding hydrogens is 254 g/mol. The predicted octanol–water partition coefficient (Wildman–Crippen LogP) is 2.58. The Labute approximate surface area is 116 Å². The number of fused-ring (bicyclic) bond motifs is 1. The second-order valence-electron chi connectivity index (χ2n) is 4.92. The van der Waals surface area contributed by atoms with Crippen LogP contribution in [0.4, 0.5) is 10.5 Å². The number of benzene rings is 1. The first-order valence-corrected chi connectivity index (χ1v) is 6.44. The summed E-state index contributed by atoms with van der Waals surface area (Å²) in [4.78, 5) is 24.6. The molecule has 20 heavy (non-hydrogen) atoms. The van der Waals surface area contributed by atoms with E-state index in [0.29, 0.717) is 13.0 Å². The Morgan fingerprint density at radius 2 is 2.10 bits per heavy atom. The van der Waals surface area contributed by atoms with Gasteiger partial charge in [0, 0.05) is 35.9 Å². The van der Waals surface area contributed by atoms with Gasteiger partial charge in [-0.25, -0.2) is 4.79 Å². The van der Waals surface area contributed by atoms with E-state index in [1.165, 1.54) is 0 Å². The van der Waals surface area contributed by atoms with Gasteiger partial charge < -0.3 is 4.57 Å². The lowest BCUT2D eigenvalue weighted by molar-refractivity contribution is -0.120. The van der Waals surface area contributed by atoms with E-state index in [9.17, 15) is 9.59 Å². The minimum atomic E-state index is -0.361. The number of aromatic nitrogens is 1. The van der Waals surface area contributed by atoms with Crippen LogP contribution in [0.25, 0.3) is 16.6 Å². The van der Waals surface area contributed by atoms with Crippen molar-refractivity contribution < 1.29 is 9.59 Å². The van der Waals surface area contributed by atoms with E-state index in [1.807, 2.05) is 42.0 Å². The topological polar surface area (TPSA) is 54.3 Å². The number of hydrogen-bond donors (Lipinski definition) is 1. The zero-order valence-corrected chi connectivity index (χ0v) is 11.2. The number of hydrogen-bond acceptors (Lipinski definition) is 2. The summed E-state index contributed by atoms with van der Waals surface area (Å²) in [5.41, 5.74) is 2.78. The smallest absolute Gasteiger partial charge is 0.321 e.